The Bertz CT molecular complexity index is 1120. The molecule has 0 aromatic heterocycles. The standard InChI is InChI=1S/C24H23N3O/c25-24(28)18-8-10-21-20-9-7-17(12-22(20)27-23(21)13-18)15-3-5-16(6-4-15)19-2-1-11-26-14-19/h3-10,12-13,17,19,26H,1-2,11,14H2,(H2,25,28)/t17-,19?/m0/s1. The number of hydrogen-bond acceptors (Lipinski definition) is 3. The number of primary amides is 1. The minimum Gasteiger partial charge on any atom is -0.366 e. The number of nitrogens with one attached hydrogen (secondary N) is 1. The smallest absolute Gasteiger partial charge is 0.248 e. The van der Waals surface area contributed by atoms with Crippen molar-refractivity contribution >= 4 is 11.5 Å². The maximum atomic E-state index is 11.4. The van der Waals surface area contributed by atoms with Crippen LogP contribution in [0.15, 0.2) is 71.4 Å². The molecule has 28 heavy (non-hydrogen) atoms. The number of nitrogens with two attached hydrogens (primary N) is 1. The SMILES string of the molecule is NC(=O)c1ccc2c(c1)=NC1=C[C@@H](c3ccc(C4CCCNC4)cc3)C=CC=21. The van der Waals surface area contributed by atoms with Gasteiger partial charge in [-0.3, -0.25) is 4.79 Å². The molecule has 4 nitrogen and oxygen atoms in total. The molecular formula is C24H23N3O. The zero-order chi connectivity index (χ0) is 19.1. The maximum absolute atomic E-state index is 11.4. The first-order chi connectivity index (χ1) is 13.7. The van der Waals surface area contributed by atoms with Crippen LogP contribution in [-0.4, -0.2) is 19.0 Å². The van der Waals surface area contributed by atoms with Crippen molar-refractivity contribution in [2.45, 2.75) is 24.7 Å². The van der Waals surface area contributed by atoms with Gasteiger partial charge >= 0.3 is 0 Å². The highest BCUT2D eigenvalue weighted by Crippen LogP contribution is 2.32. The van der Waals surface area contributed by atoms with Gasteiger partial charge < -0.3 is 11.1 Å². The van der Waals surface area contributed by atoms with Crippen LogP contribution >= 0.6 is 0 Å². The average Bonchev–Trinajstić information content (AvgIpc) is 3.11. The predicted molar refractivity (Wildman–Crippen MR) is 110 cm³/mol. The maximum Gasteiger partial charge on any atom is 0.248 e. The fourth-order valence-corrected chi connectivity index (χ4v) is 4.39. The second-order valence-electron chi connectivity index (χ2n) is 7.77. The van der Waals surface area contributed by atoms with Crippen LogP contribution in [0.3, 0.4) is 0 Å². The molecule has 2 aromatic carbocycles. The number of carbonyl (C=O) groups excluding carboxylic acids is 1. The number of allylic oxidation sites excluding steroid dienone is 3. The highest BCUT2D eigenvalue weighted by atomic mass is 16.1. The Labute approximate surface area is 164 Å². The summed E-state index contributed by atoms with van der Waals surface area (Å²) in [6, 6.07) is 14.5. The molecule has 0 spiro atoms. The highest BCUT2D eigenvalue weighted by Gasteiger charge is 2.20. The summed E-state index contributed by atoms with van der Waals surface area (Å²) in [4.78, 5) is 16.2. The summed E-state index contributed by atoms with van der Waals surface area (Å²) in [5.74, 6) is 0.418. The Kier molecular flexibility index (Phi) is 4.21. The molecule has 5 rings (SSSR count). The molecule has 2 aromatic rings. The van der Waals surface area contributed by atoms with Crippen LogP contribution in [0.5, 0.6) is 0 Å². The van der Waals surface area contributed by atoms with Crippen LogP contribution in [0.2, 0.25) is 0 Å². The average molecular weight is 369 g/mol. The van der Waals surface area contributed by atoms with Gasteiger partial charge in [0.25, 0.3) is 0 Å². The first-order valence-corrected chi connectivity index (χ1v) is 9.93. The Morgan fingerprint density at radius 2 is 1.93 bits per heavy atom. The quantitative estimate of drug-likeness (QED) is 0.872. The molecule has 0 radical (unpaired) electrons. The normalized spacial score (nSPS) is 22.9. The molecule has 1 saturated heterocycles. The fraction of sp³-hybridized carbons (Fsp3) is 0.250. The lowest BCUT2D eigenvalue weighted by Crippen LogP contribution is -2.28. The van der Waals surface area contributed by atoms with E-state index >= 15 is 0 Å². The van der Waals surface area contributed by atoms with Crippen LogP contribution in [0.4, 0.5) is 0 Å². The van der Waals surface area contributed by atoms with E-state index in [4.69, 9.17) is 10.7 Å². The summed E-state index contributed by atoms with van der Waals surface area (Å²) < 4.78 is 0. The third kappa shape index (κ3) is 3.00. The molecule has 2 atom stereocenters. The van der Waals surface area contributed by atoms with Crippen LogP contribution in [0.1, 0.15) is 46.2 Å². The number of piperidine rings is 1. The number of benzene rings is 2. The van der Waals surface area contributed by atoms with Crippen molar-refractivity contribution in [1.29, 1.82) is 0 Å². The number of nitrogens with zero attached hydrogens (tertiary/aromatic N) is 1. The third-order valence-electron chi connectivity index (χ3n) is 5.99. The minimum absolute atomic E-state index is 0.214. The molecule has 1 unspecified atom stereocenters. The molecule has 1 aliphatic carbocycles. The van der Waals surface area contributed by atoms with Gasteiger partial charge in [0.05, 0.1) is 11.1 Å². The largest absolute Gasteiger partial charge is 0.366 e. The topological polar surface area (TPSA) is 67.5 Å². The Balaban J connectivity index is 1.43. The van der Waals surface area contributed by atoms with Crippen LogP contribution in [0.25, 0.3) is 5.57 Å². The van der Waals surface area contributed by atoms with Crippen LogP contribution < -0.4 is 21.6 Å². The van der Waals surface area contributed by atoms with Gasteiger partial charge in [0.2, 0.25) is 5.91 Å². The zero-order valence-corrected chi connectivity index (χ0v) is 15.7. The van der Waals surface area contributed by atoms with Gasteiger partial charge in [-0.1, -0.05) is 42.5 Å². The number of carbonyl (C=O) groups is 1. The zero-order valence-electron chi connectivity index (χ0n) is 15.7. The molecule has 2 aliphatic heterocycles. The molecule has 1 fully saturated rings. The molecule has 140 valence electrons. The van der Waals surface area contributed by atoms with E-state index in [1.807, 2.05) is 6.07 Å². The van der Waals surface area contributed by atoms with Crippen molar-refractivity contribution in [3.8, 4) is 0 Å². The van der Waals surface area contributed by atoms with Gasteiger partial charge in [-0.2, -0.15) is 0 Å². The Morgan fingerprint density at radius 3 is 2.68 bits per heavy atom. The van der Waals surface area contributed by atoms with Crippen molar-refractivity contribution in [3.05, 3.63) is 93.7 Å². The summed E-state index contributed by atoms with van der Waals surface area (Å²) in [5, 5.41) is 5.37. The van der Waals surface area contributed by atoms with E-state index in [1.165, 1.54) is 24.0 Å². The van der Waals surface area contributed by atoms with Gasteiger partial charge in [-0.15, -0.1) is 0 Å². The van der Waals surface area contributed by atoms with Crippen molar-refractivity contribution in [3.63, 3.8) is 0 Å². The molecule has 0 bridgehead atoms. The number of hydrogen-bond donors (Lipinski definition) is 2. The van der Waals surface area contributed by atoms with Gasteiger partial charge in [0.1, 0.15) is 0 Å². The van der Waals surface area contributed by atoms with Crippen LogP contribution in [-0.2, 0) is 0 Å². The highest BCUT2D eigenvalue weighted by molar-refractivity contribution is 5.93. The molecule has 3 aliphatic rings. The van der Waals surface area contributed by atoms with E-state index in [-0.39, 0.29) is 5.92 Å². The third-order valence-corrected chi connectivity index (χ3v) is 5.99. The Hall–Kier alpha value is -2.98. The lowest BCUT2D eigenvalue weighted by Gasteiger charge is -2.23. The van der Waals surface area contributed by atoms with E-state index in [9.17, 15) is 4.79 Å². The summed E-state index contributed by atoms with van der Waals surface area (Å²) in [5.41, 5.74) is 10.7. The number of amides is 1. The van der Waals surface area contributed by atoms with Gasteiger partial charge in [0, 0.05) is 28.8 Å². The molecule has 1 amide bonds. The van der Waals surface area contributed by atoms with Gasteiger partial charge in [-0.05, 0) is 54.6 Å². The molecule has 4 heteroatoms. The van der Waals surface area contributed by atoms with E-state index in [2.05, 4.69) is 47.8 Å². The first-order valence-electron chi connectivity index (χ1n) is 9.93. The lowest BCUT2D eigenvalue weighted by atomic mass is 9.87. The molecule has 3 N–H and O–H groups in total. The molecular weight excluding hydrogens is 346 g/mol. The summed E-state index contributed by atoms with van der Waals surface area (Å²) in [7, 11) is 0. The number of fused-ring (bicyclic) bond motifs is 2. The second kappa shape index (κ2) is 6.88. The van der Waals surface area contributed by atoms with Crippen LogP contribution in [0, 0.1) is 0 Å². The van der Waals surface area contributed by atoms with Crippen molar-refractivity contribution in [2.24, 2.45) is 10.7 Å². The van der Waals surface area contributed by atoms with E-state index < -0.39 is 5.91 Å². The van der Waals surface area contributed by atoms with E-state index in [1.54, 1.807) is 12.1 Å². The van der Waals surface area contributed by atoms with Gasteiger partial charge in [-0.25, -0.2) is 4.99 Å². The predicted octanol–water partition coefficient (Wildman–Crippen LogP) is 2.27. The first kappa shape index (κ1) is 17.1. The molecule has 0 saturated carbocycles. The number of rotatable bonds is 3. The van der Waals surface area contributed by atoms with E-state index in [0.29, 0.717) is 11.5 Å². The lowest BCUT2D eigenvalue weighted by molar-refractivity contribution is 0.1000. The summed E-state index contributed by atoms with van der Waals surface area (Å²) >= 11 is 0. The minimum atomic E-state index is -0.423. The van der Waals surface area contributed by atoms with Crippen molar-refractivity contribution < 1.29 is 4.79 Å². The monoisotopic (exact) mass is 369 g/mol. The van der Waals surface area contributed by atoms with Gasteiger partial charge in [0.15, 0.2) is 0 Å². The summed E-state index contributed by atoms with van der Waals surface area (Å²) in [6.07, 6.45) is 9.10. The second-order valence-corrected chi connectivity index (χ2v) is 7.77. The fourth-order valence-electron chi connectivity index (χ4n) is 4.39. The Morgan fingerprint density at radius 1 is 1.11 bits per heavy atom. The summed E-state index contributed by atoms with van der Waals surface area (Å²) in [6.45, 7) is 2.22. The van der Waals surface area contributed by atoms with Crippen molar-refractivity contribution in [1.82, 2.24) is 5.32 Å². The van der Waals surface area contributed by atoms with E-state index in [0.717, 1.165) is 34.9 Å². The van der Waals surface area contributed by atoms with Crippen molar-refractivity contribution in [2.75, 3.05) is 13.1 Å². The molecule has 2 heterocycles.